The Labute approximate surface area is 161 Å². The molecule has 1 aliphatic rings. The van der Waals surface area contributed by atoms with Crippen LogP contribution < -0.4 is 4.90 Å². The molecule has 140 valence electrons. The van der Waals surface area contributed by atoms with Gasteiger partial charge in [0, 0.05) is 36.9 Å². The summed E-state index contributed by atoms with van der Waals surface area (Å²) in [5.41, 5.74) is 4.82. The molecule has 0 saturated carbocycles. The predicted octanol–water partition coefficient (Wildman–Crippen LogP) is 4.08. The highest BCUT2D eigenvalue weighted by atomic mass is 35.5. The molecule has 1 saturated heterocycles. The van der Waals surface area contributed by atoms with Crippen molar-refractivity contribution < 1.29 is 8.42 Å². The topological polar surface area (TPSA) is 40.6 Å². The number of anilines is 1. The van der Waals surface area contributed by atoms with Crippen LogP contribution in [0.2, 0.25) is 5.02 Å². The summed E-state index contributed by atoms with van der Waals surface area (Å²) in [6.45, 7) is 10.1. The van der Waals surface area contributed by atoms with Crippen LogP contribution in [0, 0.1) is 27.7 Å². The summed E-state index contributed by atoms with van der Waals surface area (Å²) < 4.78 is 28.2. The molecule has 1 aliphatic heterocycles. The second-order valence-corrected chi connectivity index (χ2v) is 9.27. The molecule has 2 aromatic carbocycles. The fourth-order valence-electron chi connectivity index (χ4n) is 3.54. The molecule has 1 fully saturated rings. The summed E-state index contributed by atoms with van der Waals surface area (Å²) in [5.74, 6) is 0. The molecule has 3 rings (SSSR count). The Hall–Kier alpha value is -1.56. The number of sulfonamides is 1. The molecule has 0 atom stereocenters. The quantitative estimate of drug-likeness (QED) is 0.790. The van der Waals surface area contributed by atoms with Gasteiger partial charge >= 0.3 is 0 Å². The largest absolute Gasteiger partial charge is 0.369 e. The van der Waals surface area contributed by atoms with E-state index in [4.69, 9.17) is 11.6 Å². The normalized spacial score (nSPS) is 16.1. The van der Waals surface area contributed by atoms with Gasteiger partial charge in [-0.25, -0.2) is 8.42 Å². The first-order valence-electron chi connectivity index (χ1n) is 8.80. The zero-order valence-electron chi connectivity index (χ0n) is 15.7. The summed E-state index contributed by atoms with van der Waals surface area (Å²) in [6, 6.07) is 9.74. The van der Waals surface area contributed by atoms with E-state index in [0.717, 1.165) is 27.9 Å². The molecule has 0 spiro atoms. The maximum absolute atomic E-state index is 13.3. The van der Waals surface area contributed by atoms with Crippen LogP contribution in [0.4, 0.5) is 5.69 Å². The molecule has 0 amide bonds. The van der Waals surface area contributed by atoms with E-state index in [1.54, 1.807) is 4.31 Å². The monoisotopic (exact) mass is 392 g/mol. The number of benzene rings is 2. The Kier molecular flexibility index (Phi) is 5.33. The average Bonchev–Trinajstić information content (AvgIpc) is 2.61. The molecular weight excluding hydrogens is 368 g/mol. The first-order chi connectivity index (χ1) is 12.2. The first-order valence-corrected chi connectivity index (χ1v) is 10.6. The number of hydrogen-bond donors (Lipinski definition) is 0. The van der Waals surface area contributed by atoms with Gasteiger partial charge in [-0.05, 0) is 74.2 Å². The van der Waals surface area contributed by atoms with Gasteiger partial charge in [0.15, 0.2) is 0 Å². The second kappa shape index (κ2) is 7.22. The van der Waals surface area contributed by atoms with E-state index in [-0.39, 0.29) is 0 Å². The van der Waals surface area contributed by atoms with E-state index in [0.29, 0.717) is 36.1 Å². The van der Waals surface area contributed by atoms with Gasteiger partial charge in [0.1, 0.15) is 0 Å². The number of rotatable bonds is 3. The summed E-state index contributed by atoms with van der Waals surface area (Å²) >= 11 is 5.95. The smallest absolute Gasteiger partial charge is 0.243 e. The number of hydrogen-bond acceptors (Lipinski definition) is 3. The van der Waals surface area contributed by atoms with E-state index < -0.39 is 10.0 Å². The van der Waals surface area contributed by atoms with Gasteiger partial charge in [-0.1, -0.05) is 17.7 Å². The maximum Gasteiger partial charge on any atom is 0.243 e. The van der Waals surface area contributed by atoms with Gasteiger partial charge in [-0.2, -0.15) is 4.31 Å². The lowest BCUT2D eigenvalue weighted by Gasteiger charge is -2.36. The highest BCUT2D eigenvalue weighted by Crippen LogP contribution is 2.30. The lowest BCUT2D eigenvalue weighted by atomic mass is 10.0. The van der Waals surface area contributed by atoms with Crippen LogP contribution >= 0.6 is 11.6 Å². The van der Waals surface area contributed by atoms with E-state index in [1.807, 2.05) is 52.0 Å². The Morgan fingerprint density at radius 2 is 1.35 bits per heavy atom. The lowest BCUT2D eigenvalue weighted by molar-refractivity contribution is 0.384. The van der Waals surface area contributed by atoms with Crippen molar-refractivity contribution in [1.82, 2.24) is 4.31 Å². The molecular formula is C20H25ClN2O2S. The molecule has 26 heavy (non-hydrogen) atoms. The van der Waals surface area contributed by atoms with Crippen molar-refractivity contribution in [3.8, 4) is 0 Å². The minimum absolute atomic E-state index is 0.481. The zero-order chi connectivity index (χ0) is 19.1. The van der Waals surface area contributed by atoms with Crippen LogP contribution in [-0.4, -0.2) is 38.9 Å². The van der Waals surface area contributed by atoms with Crippen molar-refractivity contribution in [2.45, 2.75) is 32.6 Å². The third-order valence-corrected chi connectivity index (χ3v) is 7.75. The van der Waals surface area contributed by atoms with Gasteiger partial charge in [0.25, 0.3) is 0 Å². The Balaban J connectivity index is 1.84. The second-order valence-electron chi connectivity index (χ2n) is 6.96. The van der Waals surface area contributed by atoms with Crippen molar-refractivity contribution in [2.75, 3.05) is 31.1 Å². The fourth-order valence-corrected chi connectivity index (χ4v) is 5.66. The zero-order valence-corrected chi connectivity index (χ0v) is 17.3. The Morgan fingerprint density at radius 1 is 0.846 bits per heavy atom. The molecule has 4 nitrogen and oxygen atoms in total. The molecule has 0 unspecified atom stereocenters. The average molecular weight is 393 g/mol. The van der Waals surface area contributed by atoms with E-state index in [1.165, 1.54) is 0 Å². The molecule has 0 radical (unpaired) electrons. The Bertz CT molecular complexity index is 890. The summed E-state index contributed by atoms with van der Waals surface area (Å²) in [4.78, 5) is 2.68. The van der Waals surface area contributed by atoms with Crippen molar-refractivity contribution in [3.63, 3.8) is 0 Å². The summed E-state index contributed by atoms with van der Waals surface area (Å²) in [7, 11) is -3.50. The van der Waals surface area contributed by atoms with Crippen molar-refractivity contribution in [2.24, 2.45) is 0 Å². The summed E-state index contributed by atoms with van der Waals surface area (Å²) in [6.07, 6.45) is 0. The van der Waals surface area contributed by atoms with Crippen LogP contribution in [0.1, 0.15) is 22.3 Å². The number of piperazine rings is 1. The SMILES string of the molecule is Cc1cc(C)c(C)c(S(=O)(=O)N2CCN(c3ccc(Cl)cc3)CC2)c1C. The third kappa shape index (κ3) is 3.48. The third-order valence-electron chi connectivity index (χ3n) is 5.33. The van der Waals surface area contributed by atoms with Gasteiger partial charge in [0.05, 0.1) is 4.90 Å². The molecule has 1 heterocycles. The van der Waals surface area contributed by atoms with Gasteiger partial charge < -0.3 is 4.90 Å². The van der Waals surface area contributed by atoms with Crippen LogP contribution in [0.5, 0.6) is 0 Å². The Morgan fingerprint density at radius 3 is 1.85 bits per heavy atom. The van der Waals surface area contributed by atoms with Gasteiger partial charge in [0.2, 0.25) is 10.0 Å². The molecule has 2 aromatic rings. The van der Waals surface area contributed by atoms with Gasteiger partial charge in [-0.15, -0.1) is 0 Å². The van der Waals surface area contributed by atoms with E-state index in [2.05, 4.69) is 11.0 Å². The number of aryl methyl sites for hydroxylation is 2. The predicted molar refractivity (Wildman–Crippen MR) is 108 cm³/mol. The highest BCUT2D eigenvalue weighted by molar-refractivity contribution is 7.89. The van der Waals surface area contributed by atoms with Gasteiger partial charge in [-0.3, -0.25) is 0 Å². The molecule has 0 aliphatic carbocycles. The van der Waals surface area contributed by atoms with Crippen LogP contribution in [0.25, 0.3) is 0 Å². The van der Waals surface area contributed by atoms with Crippen molar-refractivity contribution in [1.29, 1.82) is 0 Å². The standard InChI is InChI=1S/C20H25ClN2O2S/c1-14-13-15(2)17(4)20(16(14)3)26(24,25)23-11-9-22(10-12-23)19-7-5-18(21)6-8-19/h5-8,13H,9-12H2,1-4H3. The summed E-state index contributed by atoms with van der Waals surface area (Å²) in [5, 5.41) is 0.704. The first kappa shape index (κ1) is 19.2. The molecule has 0 bridgehead atoms. The van der Waals surface area contributed by atoms with Crippen molar-refractivity contribution >= 4 is 27.3 Å². The maximum atomic E-state index is 13.3. The van der Waals surface area contributed by atoms with Crippen LogP contribution in [0.3, 0.4) is 0 Å². The number of nitrogens with zero attached hydrogens (tertiary/aromatic N) is 2. The minimum atomic E-state index is -3.50. The lowest BCUT2D eigenvalue weighted by Crippen LogP contribution is -2.49. The van der Waals surface area contributed by atoms with Crippen LogP contribution in [0.15, 0.2) is 35.2 Å². The van der Waals surface area contributed by atoms with Crippen molar-refractivity contribution in [3.05, 3.63) is 57.6 Å². The van der Waals surface area contributed by atoms with E-state index in [9.17, 15) is 8.42 Å². The number of halogens is 1. The fraction of sp³-hybridized carbons (Fsp3) is 0.400. The highest BCUT2D eigenvalue weighted by Gasteiger charge is 2.31. The van der Waals surface area contributed by atoms with E-state index >= 15 is 0 Å². The van der Waals surface area contributed by atoms with Crippen LogP contribution in [-0.2, 0) is 10.0 Å². The minimum Gasteiger partial charge on any atom is -0.369 e. The molecule has 0 N–H and O–H groups in total. The molecule has 0 aromatic heterocycles. The molecule has 6 heteroatoms.